The molecule has 3 aromatic heterocycles. The molecule has 1 saturated heterocycles. The zero-order valence-electron chi connectivity index (χ0n) is 18.7. The van der Waals surface area contributed by atoms with Gasteiger partial charge in [0.2, 0.25) is 23.6 Å². The zero-order valence-corrected chi connectivity index (χ0v) is 18.7. The average molecular weight is 448 g/mol. The Bertz CT molecular complexity index is 1330. The van der Waals surface area contributed by atoms with E-state index in [1.54, 1.807) is 18.4 Å². The number of rotatable bonds is 3. The fourth-order valence-electron chi connectivity index (χ4n) is 5.23. The van der Waals surface area contributed by atoms with E-state index in [0.29, 0.717) is 24.6 Å². The van der Waals surface area contributed by atoms with Crippen LogP contribution in [0.25, 0.3) is 17.4 Å². The summed E-state index contributed by atoms with van der Waals surface area (Å²) in [7, 11) is 2.10. The van der Waals surface area contributed by atoms with Crippen LogP contribution in [-0.2, 0) is 4.79 Å². The Morgan fingerprint density at radius 3 is 2.91 bits per heavy atom. The standard InChI is InChI=1S/C22H25N9O2/c1-12-6-7-22(2)11-13(18(32)30-9-8-29(3)15(12)16(22)30)24-20-26-19(23)31-21(27-20)25-17(28-31)14-5-4-10-33-14/h4-7,10,12-13H,8-9,11H2,1-3H3,(H3,23,24,25,26,27,28)/t12?,13-,22?/m0/s1. The first-order valence-corrected chi connectivity index (χ1v) is 11.0. The van der Waals surface area contributed by atoms with Gasteiger partial charge in [-0.3, -0.25) is 4.79 Å². The molecule has 3 N–H and O–H groups in total. The Balaban J connectivity index is 1.34. The van der Waals surface area contributed by atoms with Crippen molar-refractivity contribution in [2.24, 2.45) is 11.3 Å². The van der Waals surface area contributed by atoms with E-state index in [9.17, 15) is 4.79 Å². The number of anilines is 2. The first kappa shape index (κ1) is 19.8. The summed E-state index contributed by atoms with van der Waals surface area (Å²) in [6.07, 6.45) is 6.61. The van der Waals surface area contributed by atoms with E-state index in [1.807, 2.05) is 4.90 Å². The Labute approximate surface area is 190 Å². The lowest BCUT2D eigenvalue weighted by Crippen LogP contribution is -2.58. The van der Waals surface area contributed by atoms with Gasteiger partial charge in [-0.2, -0.15) is 19.5 Å². The topological polar surface area (TPSA) is 131 Å². The van der Waals surface area contributed by atoms with E-state index in [2.05, 4.69) is 63.3 Å². The Kier molecular flexibility index (Phi) is 4.08. The number of piperidine rings is 1. The maximum atomic E-state index is 13.5. The summed E-state index contributed by atoms with van der Waals surface area (Å²) in [4.78, 5) is 30.9. The van der Waals surface area contributed by atoms with Crippen LogP contribution in [0.4, 0.5) is 11.9 Å². The predicted octanol–water partition coefficient (Wildman–Crippen LogP) is 1.74. The third kappa shape index (κ3) is 2.91. The molecule has 1 fully saturated rings. The number of fused-ring (bicyclic) bond motifs is 1. The van der Waals surface area contributed by atoms with Crippen molar-refractivity contribution in [3.05, 3.63) is 41.9 Å². The van der Waals surface area contributed by atoms with E-state index in [-0.39, 0.29) is 34.9 Å². The summed E-state index contributed by atoms with van der Waals surface area (Å²) in [5, 5.41) is 7.54. The molecule has 33 heavy (non-hydrogen) atoms. The van der Waals surface area contributed by atoms with Crippen LogP contribution in [0.3, 0.4) is 0 Å². The van der Waals surface area contributed by atoms with Gasteiger partial charge in [-0.15, -0.1) is 5.10 Å². The molecular weight excluding hydrogens is 422 g/mol. The highest BCUT2D eigenvalue weighted by Gasteiger charge is 2.49. The maximum Gasteiger partial charge on any atom is 0.259 e. The second kappa shape index (κ2) is 6.80. The molecule has 3 aliphatic rings. The van der Waals surface area contributed by atoms with Crippen LogP contribution in [0.15, 0.2) is 46.4 Å². The number of nitrogens with zero attached hydrogens (tertiary/aromatic N) is 7. The second-order valence-electron chi connectivity index (χ2n) is 9.14. The average Bonchev–Trinajstić information content (AvgIpc) is 3.45. The second-order valence-corrected chi connectivity index (χ2v) is 9.14. The van der Waals surface area contributed by atoms with Crippen LogP contribution in [0, 0.1) is 11.3 Å². The molecule has 3 aromatic rings. The van der Waals surface area contributed by atoms with Crippen molar-refractivity contribution in [1.82, 2.24) is 34.4 Å². The lowest BCUT2D eigenvalue weighted by Gasteiger charge is -2.52. The maximum absolute atomic E-state index is 13.5. The number of aromatic nitrogens is 5. The van der Waals surface area contributed by atoms with E-state index >= 15 is 0 Å². The molecule has 170 valence electrons. The number of amides is 1. The van der Waals surface area contributed by atoms with E-state index in [0.717, 1.165) is 12.2 Å². The van der Waals surface area contributed by atoms with Gasteiger partial charge in [0.05, 0.1) is 12.0 Å². The van der Waals surface area contributed by atoms with Crippen molar-refractivity contribution < 1.29 is 9.21 Å². The molecule has 6 rings (SSSR count). The fourth-order valence-corrected chi connectivity index (χ4v) is 5.23. The number of nitrogens with one attached hydrogen (secondary N) is 1. The minimum Gasteiger partial charge on any atom is -0.461 e. The van der Waals surface area contributed by atoms with Crippen molar-refractivity contribution in [3.8, 4) is 11.6 Å². The molecule has 0 radical (unpaired) electrons. The van der Waals surface area contributed by atoms with Gasteiger partial charge in [0.25, 0.3) is 5.78 Å². The molecule has 0 saturated carbocycles. The van der Waals surface area contributed by atoms with Gasteiger partial charge in [-0.1, -0.05) is 26.0 Å². The minimum atomic E-state index is -0.490. The molecule has 2 unspecified atom stereocenters. The molecule has 0 spiro atoms. The number of furan rings is 1. The molecule has 11 nitrogen and oxygen atoms in total. The fraction of sp³-hybridized carbons (Fsp3) is 0.409. The summed E-state index contributed by atoms with van der Waals surface area (Å²) >= 11 is 0. The highest BCUT2D eigenvalue weighted by Crippen LogP contribution is 2.49. The number of carbonyl (C=O) groups is 1. The lowest BCUT2D eigenvalue weighted by atomic mass is 9.70. The van der Waals surface area contributed by atoms with Gasteiger partial charge in [0.15, 0.2) is 5.76 Å². The molecule has 5 heterocycles. The van der Waals surface area contributed by atoms with Crippen molar-refractivity contribution >= 4 is 23.6 Å². The lowest BCUT2D eigenvalue weighted by molar-refractivity contribution is -0.135. The van der Waals surface area contributed by atoms with Crippen LogP contribution in [0.5, 0.6) is 0 Å². The summed E-state index contributed by atoms with van der Waals surface area (Å²) in [5.41, 5.74) is 8.21. The largest absolute Gasteiger partial charge is 0.461 e. The van der Waals surface area contributed by atoms with Crippen LogP contribution < -0.4 is 11.1 Å². The quantitative estimate of drug-likeness (QED) is 0.576. The number of allylic oxidation sites excluding steroid dienone is 2. The van der Waals surface area contributed by atoms with Gasteiger partial charge in [0.1, 0.15) is 6.04 Å². The number of hydrogen-bond acceptors (Lipinski definition) is 9. The van der Waals surface area contributed by atoms with Crippen molar-refractivity contribution in [2.75, 3.05) is 31.2 Å². The van der Waals surface area contributed by atoms with Crippen molar-refractivity contribution in [3.63, 3.8) is 0 Å². The first-order valence-electron chi connectivity index (χ1n) is 11.0. The van der Waals surface area contributed by atoms with E-state index < -0.39 is 6.04 Å². The normalized spacial score (nSPS) is 26.8. The summed E-state index contributed by atoms with van der Waals surface area (Å²) in [5.74, 6) is 1.82. The highest BCUT2D eigenvalue weighted by molar-refractivity contribution is 5.88. The number of likely N-dealkylation sites (N-methyl/N-ethyl adjacent to an activating group) is 1. The molecule has 3 atom stereocenters. The highest BCUT2D eigenvalue weighted by atomic mass is 16.3. The molecular formula is C22H25N9O2. The number of nitrogens with two attached hydrogens (primary N) is 1. The molecule has 0 bridgehead atoms. The molecule has 1 amide bonds. The third-order valence-electron chi connectivity index (χ3n) is 6.78. The summed E-state index contributed by atoms with van der Waals surface area (Å²) < 4.78 is 6.72. The predicted molar refractivity (Wildman–Crippen MR) is 120 cm³/mol. The van der Waals surface area contributed by atoms with Crippen molar-refractivity contribution in [2.45, 2.75) is 26.3 Å². The first-order chi connectivity index (χ1) is 15.8. The van der Waals surface area contributed by atoms with Gasteiger partial charge in [-0.25, -0.2) is 0 Å². The van der Waals surface area contributed by atoms with Gasteiger partial charge in [-0.05, 0) is 18.6 Å². The Morgan fingerprint density at radius 1 is 1.27 bits per heavy atom. The molecule has 1 aliphatic carbocycles. The van der Waals surface area contributed by atoms with Crippen LogP contribution in [0.1, 0.15) is 20.3 Å². The number of nitrogen functional groups attached to an aromatic ring is 1. The van der Waals surface area contributed by atoms with Gasteiger partial charge >= 0.3 is 0 Å². The number of hydrogen-bond donors (Lipinski definition) is 2. The van der Waals surface area contributed by atoms with Crippen LogP contribution in [0.2, 0.25) is 0 Å². The molecule has 11 heteroatoms. The molecule has 0 aromatic carbocycles. The monoisotopic (exact) mass is 447 g/mol. The van der Waals surface area contributed by atoms with Crippen LogP contribution >= 0.6 is 0 Å². The van der Waals surface area contributed by atoms with E-state index in [4.69, 9.17) is 10.2 Å². The minimum absolute atomic E-state index is 0.0235. The van der Waals surface area contributed by atoms with Gasteiger partial charge in [0, 0.05) is 37.2 Å². The zero-order chi connectivity index (χ0) is 22.9. The summed E-state index contributed by atoms with van der Waals surface area (Å²) in [6, 6.07) is 3.02. The Morgan fingerprint density at radius 2 is 2.12 bits per heavy atom. The van der Waals surface area contributed by atoms with Gasteiger partial charge < -0.3 is 25.3 Å². The summed E-state index contributed by atoms with van der Waals surface area (Å²) in [6.45, 7) is 5.82. The number of carbonyl (C=O) groups excluding carboxylic acids is 1. The molecule has 2 aliphatic heterocycles. The third-order valence-corrected chi connectivity index (χ3v) is 6.78. The van der Waals surface area contributed by atoms with Crippen molar-refractivity contribution in [1.29, 1.82) is 0 Å². The Hall–Kier alpha value is -3.89. The van der Waals surface area contributed by atoms with E-state index in [1.165, 1.54) is 10.2 Å². The SMILES string of the molecule is CC1C=CC2(C)C[C@H](Nc3nc(N)n4nc(-c5ccco5)nc4n3)C(=O)N3CCN(C)C1=C32. The smallest absolute Gasteiger partial charge is 0.259 e. The van der Waals surface area contributed by atoms with Crippen LogP contribution in [-0.4, -0.2) is 66.5 Å².